The fraction of sp³-hybridized carbons (Fsp3) is 0.500. The predicted octanol–water partition coefficient (Wildman–Crippen LogP) is 3.67. The van der Waals surface area contributed by atoms with E-state index in [1.54, 1.807) is 29.3 Å². The van der Waals surface area contributed by atoms with E-state index in [1.807, 2.05) is 0 Å². The Morgan fingerprint density at radius 2 is 2.43 bits per heavy atom. The van der Waals surface area contributed by atoms with Gasteiger partial charge in [0.1, 0.15) is 5.69 Å². The molecule has 0 aliphatic heterocycles. The van der Waals surface area contributed by atoms with Gasteiger partial charge in [-0.15, -0.1) is 11.3 Å². The van der Waals surface area contributed by atoms with Gasteiger partial charge in [0.15, 0.2) is 11.5 Å². The van der Waals surface area contributed by atoms with Crippen molar-refractivity contribution in [3.63, 3.8) is 0 Å². The molecular weight excluding hydrogens is 284 g/mol. The lowest BCUT2D eigenvalue weighted by Gasteiger charge is -2.22. The lowest BCUT2D eigenvalue weighted by molar-refractivity contribution is 0.0937. The first-order valence-corrected chi connectivity index (χ1v) is 8.34. The van der Waals surface area contributed by atoms with Gasteiger partial charge in [-0.1, -0.05) is 6.92 Å². The van der Waals surface area contributed by atoms with Crippen LogP contribution in [0.4, 0.5) is 0 Å². The highest BCUT2D eigenvalue weighted by Gasteiger charge is 2.32. The van der Waals surface area contributed by atoms with Gasteiger partial charge < -0.3 is 4.74 Å². The van der Waals surface area contributed by atoms with E-state index in [9.17, 15) is 4.79 Å². The number of carbonyl (C=O) groups excluding carboxylic acids is 1. The second-order valence-electron chi connectivity index (χ2n) is 5.39. The average Bonchev–Trinajstić information content (AvgIpc) is 3.12. The number of carbonyl (C=O) groups is 1. The van der Waals surface area contributed by atoms with Crippen LogP contribution in [-0.4, -0.2) is 22.7 Å². The fourth-order valence-corrected chi connectivity index (χ4v) is 4.06. The highest BCUT2D eigenvalue weighted by molar-refractivity contribution is 7.10. The molecule has 0 saturated carbocycles. The maximum absolute atomic E-state index is 13.1. The molecule has 0 aromatic carbocycles. The minimum atomic E-state index is -0.0405. The summed E-state index contributed by atoms with van der Waals surface area (Å²) in [5, 5.41) is 6.40. The van der Waals surface area contributed by atoms with E-state index in [2.05, 4.69) is 23.5 Å². The Morgan fingerprint density at radius 3 is 3.19 bits per heavy atom. The van der Waals surface area contributed by atoms with Gasteiger partial charge in [-0.3, -0.25) is 9.48 Å². The third kappa shape index (κ3) is 2.50. The van der Waals surface area contributed by atoms with Crippen molar-refractivity contribution >= 4 is 17.1 Å². The smallest absolute Gasteiger partial charge is 0.192 e. The Hall–Kier alpha value is -1.62. The van der Waals surface area contributed by atoms with Gasteiger partial charge in [-0.2, -0.15) is 5.10 Å². The first kappa shape index (κ1) is 14.3. The summed E-state index contributed by atoms with van der Waals surface area (Å²) >= 11 is 1.76. The monoisotopic (exact) mass is 304 g/mol. The number of Topliss-reactive ketones (excluding diaryl/α,β-unsaturated/α-hetero) is 1. The molecule has 0 N–H and O–H groups in total. The summed E-state index contributed by atoms with van der Waals surface area (Å²) < 4.78 is 7.15. The van der Waals surface area contributed by atoms with E-state index in [0.29, 0.717) is 11.4 Å². The predicted molar refractivity (Wildman–Crippen MR) is 83.4 cm³/mol. The van der Waals surface area contributed by atoms with Crippen LogP contribution in [0.15, 0.2) is 17.6 Å². The number of thiophene rings is 1. The number of nitrogens with zero attached hydrogens (tertiary/aromatic N) is 2. The average molecular weight is 304 g/mol. The molecule has 0 bridgehead atoms. The van der Waals surface area contributed by atoms with Gasteiger partial charge in [0.05, 0.1) is 19.2 Å². The number of hydrogen-bond donors (Lipinski definition) is 0. The van der Waals surface area contributed by atoms with Gasteiger partial charge in [0, 0.05) is 11.4 Å². The standard InChI is InChI=1S/C16H20N2O2S/c1-3-8-18-15(13(20-2)10-17-18)16(19)12-5-4-6-14-11(12)7-9-21-14/h7,9-10,12H,3-6,8H2,1-2H3. The molecule has 5 heteroatoms. The molecule has 112 valence electrons. The van der Waals surface area contributed by atoms with Gasteiger partial charge in [-0.25, -0.2) is 0 Å². The third-order valence-electron chi connectivity index (χ3n) is 4.06. The number of aryl methyl sites for hydroxylation is 2. The second-order valence-corrected chi connectivity index (χ2v) is 6.39. The van der Waals surface area contributed by atoms with Crippen molar-refractivity contribution in [3.8, 4) is 5.75 Å². The van der Waals surface area contributed by atoms with Crippen LogP contribution in [0.5, 0.6) is 5.75 Å². The molecule has 0 spiro atoms. The minimum absolute atomic E-state index is 0.0405. The van der Waals surface area contributed by atoms with Crippen LogP contribution in [-0.2, 0) is 13.0 Å². The van der Waals surface area contributed by atoms with Crippen LogP contribution in [0.25, 0.3) is 0 Å². The molecule has 1 aliphatic rings. The summed E-state index contributed by atoms with van der Waals surface area (Å²) in [7, 11) is 1.60. The Morgan fingerprint density at radius 1 is 1.57 bits per heavy atom. The Balaban J connectivity index is 1.98. The molecule has 0 saturated heterocycles. The summed E-state index contributed by atoms with van der Waals surface area (Å²) in [4.78, 5) is 14.4. The molecule has 21 heavy (non-hydrogen) atoms. The number of aromatic nitrogens is 2. The zero-order chi connectivity index (χ0) is 14.8. The van der Waals surface area contributed by atoms with Crippen LogP contribution < -0.4 is 4.74 Å². The zero-order valence-electron chi connectivity index (χ0n) is 12.5. The Bertz CT molecular complexity index is 644. The topological polar surface area (TPSA) is 44.1 Å². The summed E-state index contributed by atoms with van der Waals surface area (Å²) in [6, 6.07) is 2.11. The molecule has 0 radical (unpaired) electrons. The van der Waals surface area contributed by atoms with Gasteiger partial charge in [-0.05, 0) is 42.7 Å². The van der Waals surface area contributed by atoms with Crippen molar-refractivity contribution in [1.29, 1.82) is 0 Å². The SMILES string of the molecule is CCCn1ncc(OC)c1C(=O)C1CCCc2sccc21. The van der Waals surface area contributed by atoms with Crippen LogP contribution in [0, 0.1) is 0 Å². The summed E-state index contributed by atoms with van der Waals surface area (Å²) in [6.07, 6.45) is 5.69. The second kappa shape index (κ2) is 6.02. The summed E-state index contributed by atoms with van der Waals surface area (Å²) in [5.41, 5.74) is 1.84. The van der Waals surface area contributed by atoms with E-state index in [4.69, 9.17) is 4.74 Å². The molecule has 0 amide bonds. The van der Waals surface area contributed by atoms with Crippen molar-refractivity contribution in [2.45, 2.75) is 45.1 Å². The lowest BCUT2D eigenvalue weighted by Crippen LogP contribution is -2.21. The zero-order valence-corrected chi connectivity index (χ0v) is 13.3. The summed E-state index contributed by atoms with van der Waals surface area (Å²) in [5.74, 6) is 0.703. The number of ether oxygens (including phenoxy) is 1. The van der Waals surface area contributed by atoms with Crippen LogP contribution >= 0.6 is 11.3 Å². The molecule has 1 atom stereocenters. The van der Waals surface area contributed by atoms with Crippen molar-refractivity contribution in [1.82, 2.24) is 9.78 Å². The third-order valence-corrected chi connectivity index (χ3v) is 5.06. The van der Waals surface area contributed by atoms with Crippen molar-refractivity contribution in [3.05, 3.63) is 33.8 Å². The van der Waals surface area contributed by atoms with Crippen molar-refractivity contribution in [2.24, 2.45) is 0 Å². The fourth-order valence-electron chi connectivity index (χ4n) is 3.07. The quantitative estimate of drug-likeness (QED) is 0.792. The number of hydrogen-bond acceptors (Lipinski definition) is 4. The van der Waals surface area contributed by atoms with Crippen molar-refractivity contribution in [2.75, 3.05) is 7.11 Å². The van der Waals surface area contributed by atoms with Crippen LogP contribution in [0.1, 0.15) is 53.0 Å². The van der Waals surface area contributed by atoms with Gasteiger partial charge in [0.25, 0.3) is 0 Å². The molecular formula is C16H20N2O2S. The first-order valence-electron chi connectivity index (χ1n) is 7.46. The molecule has 4 nitrogen and oxygen atoms in total. The lowest BCUT2D eigenvalue weighted by atomic mass is 9.83. The number of rotatable bonds is 5. The van der Waals surface area contributed by atoms with Gasteiger partial charge in [0.2, 0.25) is 0 Å². The molecule has 2 heterocycles. The molecule has 2 aromatic heterocycles. The Labute approximate surface area is 128 Å². The maximum atomic E-state index is 13.1. The van der Waals surface area contributed by atoms with E-state index in [1.165, 1.54) is 10.4 Å². The normalized spacial score (nSPS) is 17.5. The van der Waals surface area contributed by atoms with E-state index >= 15 is 0 Å². The van der Waals surface area contributed by atoms with Crippen LogP contribution in [0.2, 0.25) is 0 Å². The van der Waals surface area contributed by atoms with E-state index in [0.717, 1.165) is 32.2 Å². The minimum Gasteiger partial charge on any atom is -0.493 e. The van der Waals surface area contributed by atoms with Gasteiger partial charge >= 0.3 is 0 Å². The number of ketones is 1. The Kier molecular flexibility index (Phi) is 4.10. The van der Waals surface area contributed by atoms with Crippen molar-refractivity contribution < 1.29 is 9.53 Å². The maximum Gasteiger partial charge on any atom is 0.192 e. The molecule has 0 fully saturated rings. The molecule has 1 aliphatic carbocycles. The van der Waals surface area contributed by atoms with E-state index < -0.39 is 0 Å². The molecule has 3 rings (SSSR count). The van der Waals surface area contributed by atoms with Crippen LogP contribution in [0.3, 0.4) is 0 Å². The number of methoxy groups -OCH3 is 1. The highest BCUT2D eigenvalue weighted by Crippen LogP contribution is 2.38. The molecule has 1 unspecified atom stereocenters. The highest BCUT2D eigenvalue weighted by atomic mass is 32.1. The van der Waals surface area contributed by atoms with E-state index in [-0.39, 0.29) is 11.7 Å². The molecule has 2 aromatic rings. The first-order chi connectivity index (χ1) is 10.3. The summed E-state index contributed by atoms with van der Waals surface area (Å²) in [6.45, 7) is 2.83. The number of fused-ring (bicyclic) bond motifs is 1. The largest absolute Gasteiger partial charge is 0.493 e.